The number of carbonyl (C=O) groups excluding carboxylic acids is 3. The first-order valence-electron chi connectivity index (χ1n) is 8.38. The lowest BCUT2D eigenvalue weighted by atomic mass is 9.76. The number of hydrogen-bond acceptors (Lipinski definition) is 6. The highest BCUT2D eigenvalue weighted by Crippen LogP contribution is 2.45. The highest BCUT2D eigenvalue weighted by atomic mass is 16.6. The van der Waals surface area contributed by atoms with Crippen LogP contribution in [0.5, 0.6) is 0 Å². The molecule has 3 rings (SSSR count). The van der Waals surface area contributed by atoms with Crippen molar-refractivity contribution in [1.82, 2.24) is 5.32 Å². The summed E-state index contributed by atoms with van der Waals surface area (Å²) in [6, 6.07) is 14.0. The van der Waals surface area contributed by atoms with Crippen LogP contribution in [-0.4, -0.2) is 36.4 Å². The number of amides is 2. The second-order valence-electron chi connectivity index (χ2n) is 6.16. The molecule has 2 aromatic carbocycles. The predicted octanol–water partition coefficient (Wildman–Crippen LogP) is 1.52. The molecule has 0 aliphatic carbocycles. The number of nitrogens with zero attached hydrogens (tertiary/aromatic N) is 2. The molecule has 28 heavy (non-hydrogen) atoms. The first-order valence-corrected chi connectivity index (χ1v) is 8.38. The fourth-order valence-electron chi connectivity index (χ4n) is 3.21. The molecule has 1 atom stereocenters. The summed E-state index contributed by atoms with van der Waals surface area (Å²) in [5.74, 6) is -1.49. The van der Waals surface area contributed by atoms with Gasteiger partial charge >= 0.3 is 5.97 Å². The number of nitro benzene ring substituents is 1. The van der Waals surface area contributed by atoms with E-state index in [1.54, 1.807) is 30.3 Å². The number of rotatable bonds is 6. The molecule has 0 radical (unpaired) electrons. The summed E-state index contributed by atoms with van der Waals surface area (Å²) < 4.78 is 4.54. The minimum atomic E-state index is -1.42. The van der Waals surface area contributed by atoms with Crippen molar-refractivity contribution < 1.29 is 24.0 Å². The van der Waals surface area contributed by atoms with Gasteiger partial charge in [-0.1, -0.05) is 18.2 Å². The molecule has 1 fully saturated rings. The summed E-state index contributed by atoms with van der Waals surface area (Å²) in [6.45, 7) is -0.360. The molecule has 9 heteroatoms. The average Bonchev–Trinajstić information content (AvgIpc) is 2.70. The van der Waals surface area contributed by atoms with Crippen LogP contribution in [0.3, 0.4) is 0 Å². The van der Waals surface area contributed by atoms with Crippen LogP contribution >= 0.6 is 0 Å². The molecule has 0 spiro atoms. The van der Waals surface area contributed by atoms with Crippen molar-refractivity contribution in [2.75, 3.05) is 18.6 Å². The van der Waals surface area contributed by atoms with Crippen LogP contribution in [0.25, 0.3) is 0 Å². The maximum atomic E-state index is 13.1. The lowest BCUT2D eigenvalue weighted by Gasteiger charge is -2.50. The number of non-ortho nitro benzene ring substituents is 1. The molecule has 2 amide bonds. The van der Waals surface area contributed by atoms with Crippen LogP contribution in [0, 0.1) is 10.1 Å². The van der Waals surface area contributed by atoms with Gasteiger partial charge in [0.15, 0.2) is 5.54 Å². The highest BCUT2D eigenvalue weighted by molar-refractivity contribution is 6.14. The molecule has 1 aliphatic heterocycles. The molecule has 0 unspecified atom stereocenters. The molecule has 1 aliphatic rings. The molecular formula is C19H17N3O6. The van der Waals surface area contributed by atoms with Crippen molar-refractivity contribution in [1.29, 1.82) is 0 Å². The van der Waals surface area contributed by atoms with Crippen LogP contribution in [0.1, 0.15) is 12.0 Å². The van der Waals surface area contributed by atoms with Crippen LogP contribution in [-0.2, 0) is 24.7 Å². The molecule has 0 aromatic heterocycles. The highest BCUT2D eigenvalue weighted by Gasteiger charge is 2.58. The van der Waals surface area contributed by atoms with Crippen molar-refractivity contribution in [2.24, 2.45) is 0 Å². The zero-order valence-corrected chi connectivity index (χ0v) is 15.0. The normalized spacial score (nSPS) is 18.2. The third-order valence-corrected chi connectivity index (χ3v) is 4.60. The van der Waals surface area contributed by atoms with Crippen molar-refractivity contribution in [2.45, 2.75) is 12.0 Å². The zero-order valence-electron chi connectivity index (χ0n) is 15.0. The number of esters is 1. The third kappa shape index (κ3) is 3.18. The third-order valence-electron chi connectivity index (χ3n) is 4.60. The molecule has 144 valence electrons. The molecule has 0 saturated carbocycles. The van der Waals surface area contributed by atoms with E-state index in [9.17, 15) is 24.5 Å². The van der Waals surface area contributed by atoms with Gasteiger partial charge in [0.25, 0.3) is 11.6 Å². The predicted molar refractivity (Wildman–Crippen MR) is 98.3 cm³/mol. The number of methoxy groups -OCH3 is 1. The quantitative estimate of drug-likeness (QED) is 0.350. The monoisotopic (exact) mass is 383 g/mol. The molecule has 0 bridgehead atoms. The van der Waals surface area contributed by atoms with Crippen LogP contribution < -0.4 is 10.2 Å². The minimum absolute atomic E-state index is 0.132. The van der Waals surface area contributed by atoms with E-state index in [0.29, 0.717) is 11.3 Å². The van der Waals surface area contributed by atoms with E-state index in [1.807, 2.05) is 0 Å². The van der Waals surface area contributed by atoms with Gasteiger partial charge in [0.1, 0.15) is 6.54 Å². The molecule has 9 nitrogen and oxygen atoms in total. The van der Waals surface area contributed by atoms with E-state index in [-0.39, 0.29) is 24.6 Å². The van der Waals surface area contributed by atoms with Gasteiger partial charge in [0.05, 0.1) is 18.5 Å². The molecule has 1 N–H and O–H groups in total. The number of hydrogen-bond donors (Lipinski definition) is 1. The number of nitrogens with one attached hydrogen (secondary N) is 1. The van der Waals surface area contributed by atoms with Gasteiger partial charge in [0, 0.05) is 17.8 Å². The summed E-state index contributed by atoms with van der Waals surface area (Å²) in [7, 11) is 1.20. The fraction of sp³-hybridized carbons (Fsp3) is 0.211. The summed E-state index contributed by atoms with van der Waals surface area (Å²) in [5, 5.41) is 13.4. The Bertz CT molecular complexity index is 928. The Kier molecular flexibility index (Phi) is 5.08. The van der Waals surface area contributed by atoms with E-state index >= 15 is 0 Å². The Morgan fingerprint density at radius 2 is 1.82 bits per heavy atom. The number of para-hydroxylation sites is 1. The molecule has 1 saturated heterocycles. The number of nitro groups is 1. The summed E-state index contributed by atoms with van der Waals surface area (Å²) >= 11 is 0. The number of carbonyl (C=O) groups is 3. The van der Waals surface area contributed by atoms with E-state index in [2.05, 4.69) is 10.1 Å². The van der Waals surface area contributed by atoms with Gasteiger partial charge in [-0.2, -0.15) is 0 Å². The zero-order chi connectivity index (χ0) is 20.3. The van der Waals surface area contributed by atoms with Gasteiger partial charge in [-0.15, -0.1) is 0 Å². The number of ether oxygens (including phenoxy) is 1. The number of β-lactam (4-membered cyclic amide) rings is 1. The topological polar surface area (TPSA) is 119 Å². The maximum absolute atomic E-state index is 13.1. The van der Waals surface area contributed by atoms with Crippen LogP contribution in [0.15, 0.2) is 54.6 Å². The van der Waals surface area contributed by atoms with Gasteiger partial charge in [-0.3, -0.25) is 29.4 Å². The second kappa shape index (κ2) is 7.47. The Morgan fingerprint density at radius 1 is 1.18 bits per heavy atom. The van der Waals surface area contributed by atoms with Crippen molar-refractivity contribution in [3.8, 4) is 0 Å². The SMILES string of the molecule is COC(=O)CNC(=O)[C@]1(c2ccc([N+](=O)[O-])cc2)CC(=O)N1c1ccccc1. The van der Waals surface area contributed by atoms with E-state index in [1.165, 1.54) is 36.3 Å². The van der Waals surface area contributed by atoms with Gasteiger partial charge in [0.2, 0.25) is 5.91 Å². The summed E-state index contributed by atoms with van der Waals surface area (Å²) in [4.78, 5) is 48.7. The first-order chi connectivity index (χ1) is 13.4. The second-order valence-corrected chi connectivity index (χ2v) is 6.16. The Morgan fingerprint density at radius 3 is 2.36 bits per heavy atom. The van der Waals surface area contributed by atoms with Crippen molar-refractivity contribution in [3.63, 3.8) is 0 Å². The number of benzene rings is 2. The Labute approximate surface area is 160 Å². The first kappa shape index (κ1) is 19.0. The fourth-order valence-corrected chi connectivity index (χ4v) is 3.21. The molecule has 1 heterocycles. The molecular weight excluding hydrogens is 366 g/mol. The van der Waals surface area contributed by atoms with Crippen molar-refractivity contribution >= 4 is 29.2 Å². The standard InChI is InChI=1S/C19H17N3O6/c1-28-17(24)12-20-18(25)19(13-7-9-15(10-8-13)22(26)27)11-16(23)21(19)14-5-3-2-4-6-14/h2-10H,11-12H2,1H3,(H,20,25)/t19-/m1/s1. The van der Waals surface area contributed by atoms with Crippen LogP contribution in [0.4, 0.5) is 11.4 Å². The van der Waals surface area contributed by atoms with E-state index in [0.717, 1.165) is 0 Å². The summed E-state index contributed by atoms with van der Waals surface area (Å²) in [5.41, 5.74) is -0.637. The van der Waals surface area contributed by atoms with Crippen molar-refractivity contribution in [3.05, 3.63) is 70.3 Å². The summed E-state index contributed by atoms with van der Waals surface area (Å²) in [6.07, 6.45) is -0.132. The van der Waals surface area contributed by atoms with E-state index in [4.69, 9.17) is 0 Å². The van der Waals surface area contributed by atoms with Gasteiger partial charge in [-0.05, 0) is 29.8 Å². The van der Waals surface area contributed by atoms with Gasteiger partial charge < -0.3 is 10.1 Å². The average molecular weight is 383 g/mol. The lowest BCUT2D eigenvalue weighted by Crippen LogP contribution is -2.68. The number of anilines is 1. The largest absolute Gasteiger partial charge is 0.468 e. The van der Waals surface area contributed by atoms with Crippen LogP contribution in [0.2, 0.25) is 0 Å². The van der Waals surface area contributed by atoms with Gasteiger partial charge in [-0.25, -0.2) is 0 Å². The van der Waals surface area contributed by atoms with E-state index < -0.39 is 22.3 Å². The Balaban J connectivity index is 2.03. The maximum Gasteiger partial charge on any atom is 0.325 e. The minimum Gasteiger partial charge on any atom is -0.468 e. The Hall–Kier alpha value is -3.75. The molecule has 2 aromatic rings. The smallest absolute Gasteiger partial charge is 0.325 e. The lowest BCUT2D eigenvalue weighted by molar-refractivity contribution is -0.384.